The van der Waals surface area contributed by atoms with E-state index < -0.39 is 16.0 Å². The van der Waals surface area contributed by atoms with Gasteiger partial charge in [-0.25, -0.2) is 13.2 Å². The minimum absolute atomic E-state index is 0.0527. The number of nitrogens with zero attached hydrogens (tertiary/aromatic N) is 1. The quantitative estimate of drug-likeness (QED) is 0.797. The molecule has 1 atom stereocenters. The Hall–Kier alpha value is -1.64. The first kappa shape index (κ1) is 18.7. The minimum atomic E-state index is -3.69. The van der Waals surface area contributed by atoms with Crippen molar-refractivity contribution in [3.05, 3.63) is 23.8 Å². The first-order valence-electron chi connectivity index (χ1n) is 7.83. The first-order valence-corrected chi connectivity index (χ1v) is 9.27. The molecule has 24 heavy (non-hydrogen) atoms. The van der Waals surface area contributed by atoms with Gasteiger partial charge in [0.15, 0.2) is 0 Å². The van der Waals surface area contributed by atoms with Crippen LogP contribution in [0.4, 0.5) is 0 Å². The molecule has 0 bridgehead atoms. The average Bonchev–Trinajstić information content (AvgIpc) is 2.60. The second-order valence-corrected chi connectivity index (χ2v) is 7.86. The van der Waals surface area contributed by atoms with Gasteiger partial charge < -0.3 is 15.2 Å². The van der Waals surface area contributed by atoms with E-state index >= 15 is 0 Å². The van der Waals surface area contributed by atoms with Crippen LogP contribution in [-0.4, -0.2) is 52.0 Å². The lowest BCUT2D eigenvalue weighted by molar-refractivity contribution is 0.0600. The van der Waals surface area contributed by atoms with Crippen LogP contribution in [-0.2, 0) is 14.8 Å². The fourth-order valence-electron chi connectivity index (χ4n) is 2.91. The van der Waals surface area contributed by atoms with Gasteiger partial charge in [0.1, 0.15) is 10.6 Å². The zero-order valence-electron chi connectivity index (χ0n) is 14.2. The normalized spacial score (nSPS) is 18.2. The van der Waals surface area contributed by atoms with E-state index in [0.29, 0.717) is 19.0 Å². The minimum Gasteiger partial charge on any atom is -0.495 e. The second-order valence-electron chi connectivity index (χ2n) is 5.96. The van der Waals surface area contributed by atoms with Crippen molar-refractivity contribution in [3.8, 4) is 5.75 Å². The molecular formula is C16H24N2O5S. The number of ether oxygens (including phenoxy) is 2. The highest BCUT2D eigenvalue weighted by Gasteiger charge is 2.32. The zero-order chi connectivity index (χ0) is 17.9. The monoisotopic (exact) mass is 356 g/mol. The highest BCUT2D eigenvalue weighted by Crippen LogP contribution is 2.31. The predicted octanol–water partition coefficient (Wildman–Crippen LogP) is 1.23. The molecule has 1 aromatic carbocycles. The van der Waals surface area contributed by atoms with Crippen LogP contribution < -0.4 is 10.5 Å². The number of sulfonamides is 1. The number of piperidine rings is 1. The van der Waals surface area contributed by atoms with Crippen molar-refractivity contribution in [2.75, 3.05) is 27.3 Å². The van der Waals surface area contributed by atoms with E-state index in [0.717, 1.165) is 12.8 Å². The van der Waals surface area contributed by atoms with E-state index in [1.165, 1.54) is 36.7 Å². The third kappa shape index (κ3) is 3.71. The maximum Gasteiger partial charge on any atom is 0.337 e. The van der Waals surface area contributed by atoms with Crippen LogP contribution in [0, 0.1) is 5.92 Å². The lowest BCUT2D eigenvalue weighted by Crippen LogP contribution is -2.42. The Morgan fingerprint density at radius 1 is 1.29 bits per heavy atom. The molecule has 2 N–H and O–H groups in total. The topological polar surface area (TPSA) is 98.9 Å². The molecule has 0 aliphatic carbocycles. The average molecular weight is 356 g/mol. The molecule has 1 fully saturated rings. The Morgan fingerprint density at radius 2 is 1.92 bits per heavy atom. The molecule has 1 aliphatic heterocycles. The van der Waals surface area contributed by atoms with Crippen LogP contribution in [0.3, 0.4) is 0 Å². The molecule has 1 aliphatic rings. The van der Waals surface area contributed by atoms with Crippen LogP contribution in [0.15, 0.2) is 23.1 Å². The lowest BCUT2D eigenvalue weighted by Gasteiger charge is -2.33. The van der Waals surface area contributed by atoms with E-state index in [9.17, 15) is 13.2 Å². The Balaban J connectivity index is 2.28. The number of carbonyl (C=O) groups excluding carboxylic acids is 1. The van der Waals surface area contributed by atoms with Crippen molar-refractivity contribution in [2.24, 2.45) is 11.7 Å². The Bertz CT molecular complexity index is 694. The molecule has 0 saturated carbocycles. The molecule has 0 radical (unpaired) electrons. The molecule has 2 rings (SSSR count). The van der Waals surface area contributed by atoms with E-state index in [1.807, 2.05) is 6.92 Å². The number of methoxy groups -OCH3 is 2. The first-order chi connectivity index (χ1) is 11.3. The summed E-state index contributed by atoms with van der Waals surface area (Å²) in [6, 6.07) is 4.25. The van der Waals surface area contributed by atoms with Gasteiger partial charge in [0.2, 0.25) is 10.0 Å². The van der Waals surface area contributed by atoms with Gasteiger partial charge in [0.05, 0.1) is 19.8 Å². The summed E-state index contributed by atoms with van der Waals surface area (Å²) in [5.74, 6) is -0.0812. The predicted molar refractivity (Wildman–Crippen MR) is 89.5 cm³/mol. The number of hydrogen-bond donors (Lipinski definition) is 1. The number of carbonyl (C=O) groups is 1. The zero-order valence-corrected chi connectivity index (χ0v) is 15.0. The van der Waals surface area contributed by atoms with Crippen molar-refractivity contribution < 1.29 is 22.7 Å². The van der Waals surface area contributed by atoms with Gasteiger partial charge in [0, 0.05) is 19.1 Å². The highest BCUT2D eigenvalue weighted by molar-refractivity contribution is 7.89. The fourth-order valence-corrected chi connectivity index (χ4v) is 4.51. The standard InChI is InChI=1S/C16H24N2O5S/c1-11(17)12-6-8-18(9-7-12)24(20,21)15-5-4-13(16(19)23-3)10-14(15)22-2/h4-5,10-12H,6-9,17H2,1-3H3. The van der Waals surface area contributed by atoms with Crippen molar-refractivity contribution >= 4 is 16.0 Å². The van der Waals surface area contributed by atoms with Crippen LogP contribution in [0.25, 0.3) is 0 Å². The number of rotatable bonds is 5. The molecule has 0 amide bonds. The van der Waals surface area contributed by atoms with Gasteiger partial charge >= 0.3 is 5.97 Å². The largest absolute Gasteiger partial charge is 0.495 e. The molecule has 0 aromatic heterocycles. The van der Waals surface area contributed by atoms with Gasteiger partial charge in [-0.05, 0) is 43.9 Å². The second kappa shape index (κ2) is 7.50. The maximum absolute atomic E-state index is 12.9. The Labute approximate surface area is 142 Å². The number of nitrogens with two attached hydrogens (primary N) is 1. The Kier molecular flexibility index (Phi) is 5.84. The highest BCUT2D eigenvalue weighted by atomic mass is 32.2. The summed E-state index contributed by atoms with van der Waals surface area (Å²) in [5.41, 5.74) is 6.14. The molecule has 1 heterocycles. The molecular weight excluding hydrogens is 332 g/mol. The third-order valence-corrected chi connectivity index (χ3v) is 6.38. The Morgan fingerprint density at radius 3 is 2.42 bits per heavy atom. The SMILES string of the molecule is COC(=O)c1ccc(S(=O)(=O)N2CCC(C(C)N)CC2)c(OC)c1. The van der Waals surface area contributed by atoms with Crippen molar-refractivity contribution in [3.63, 3.8) is 0 Å². The van der Waals surface area contributed by atoms with Crippen LogP contribution in [0.1, 0.15) is 30.1 Å². The smallest absolute Gasteiger partial charge is 0.337 e. The number of benzene rings is 1. The van der Waals surface area contributed by atoms with Gasteiger partial charge in [-0.15, -0.1) is 0 Å². The summed E-state index contributed by atoms with van der Waals surface area (Å²) >= 11 is 0. The third-order valence-electron chi connectivity index (χ3n) is 4.44. The molecule has 8 heteroatoms. The molecule has 7 nitrogen and oxygen atoms in total. The summed E-state index contributed by atoms with van der Waals surface area (Å²) < 4.78 is 37.1. The fraction of sp³-hybridized carbons (Fsp3) is 0.562. The van der Waals surface area contributed by atoms with Crippen molar-refractivity contribution in [1.29, 1.82) is 0 Å². The van der Waals surface area contributed by atoms with Crippen LogP contribution >= 0.6 is 0 Å². The van der Waals surface area contributed by atoms with E-state index in [2.05, 4.69) is 4.74 Å². The summed E-state index contributed by atoms with van der Waals surface area (Å²) in [6.07, 6.45) is 1.47. The van der Waals surface area contributed by atoms with Crippen LogP contribution in [0.2, 0.25) is 0 Å². The molecule has 1 saturated heterocycles. The van der Waals surface area contributed by atoms with E-state index in [4.69, 9.17) is 10.5 Å². The van der Waals surface area contributed by atoms with Gasteiger partial charge in [-0.2, -0.15) is 4.31 Å². The number of hydrogen-bond acceptors (Lipinski definition) is 6. The van der Waals surface area contributed by atoms with Gasteiger partial charge in [-0.3, -0.25) is 0 Å². The molecule has 1 unspecified atom stereocenters. The summed E-state index contributed by atoms with van der Waals surface area (Å²) in [4.78, 5) is 11.6. The summed E-state index contributed by atoms with van der Waals surface area (Å²) in [7, 11) is -1.05. The number of esters is 1. The maximum atomic E-state index is 12.9. The van der Waals surface area contributed by atoms with Crippen molar-refractivity contribution in [2.45, 2.75) is 30.7 Å². The van der Waals surface area contributed by atoms with Crippen molar-refractivity contribution in [1.82, 2.24) is 4.31 Å². The van der Waals surface area contributed by atoms with E-state index in [1.54, 1.807) is 0 Å². The summed E-state index contributed by atoms with van der Waals surface area (Å²) in [5, 5.41) is 0. The molecule has 1 aromatic rings. The lowest BCUT2D eigenvalue weighted by atomic mass is 9.92. The van der Waals surface area contributed by atoms with Gasteiger partial charge in [0.25, 0.3) is 0 Å². The molecule has 0 spiro atoms. The summed E-state index contributed by atoms with van der Waals surface area (Å²) in [6.45, 7) is 2.80. The van der Waals surface area contributed by atoms with E-state index in [-0.39, 0.29) is 22.3 Å². The molecule has 134 valence electrons. The van der Waals surface area contributed by atoms with Gasteiger partial charge in [-0.1, -0.05) is 0 Å². The van der Waals surface area contributed by atoms with Crippen LogP contribution in [0.5, 0.6) is 5.75 Å².